The van der Waals surface area contributed by atoms with Gasteiger partial charge in [0.15, 0.2) is 0 Å². The van der Waals surface area contributed by atoms with Crippen LogP contribution in [0.15, 0.2) is 24.3 Å². The number of hydrogen-bond donors (Lipinski definition) is 0. The molecule has 1 atom stereocenters. The Labute approximate surface area is 139 Å². The van der Waals surface area contributed by atoms with Crippen molar-refractivity contribution < 1.29 is 18.3 Å². The molecule has 1 aliphatic carbocycles. The summed E-state index contributed by atoms with van der Waals surface area (Å²) >= 11 is 5.70. The molecule has 0 radical (unpaired) electrons. The highest BCUT2D eigenvalue weighted by Crippen LogP contribution is 2.53. The van der Waals surface area contributed by atoms with Crippen molar-refractivity contribution in [3.8, 4) is 0 Å². The molecule has 0 aromatic heterocycles. The van der Waals surface area contributed by atoms with E-state index in [0.717, 1.165) is 13.0 Å². The Bertz CT molecular complexity index is 577. The SMILES string of the molecule is O=C(CCl)N(Cc1cccc(C(F)F)c1)CC1CC2(CC2)CO1. The van der Waals surface area contributed by atoms with Gasteiger partial charge in [0.2, 0.25) is 5.91 Å². The highest BCUT2D eigenvalue weighted by molar-refractivity contribution is 6.27. The van der Waals surface area contributed by atoms with Crippen LogP contribution in [-0.2, 0) is 16.1 Å². The van der Waals surface area contributed by atoms with Crippen LogP contribution in [0.2, 0.25) is 0 Å². The third-order valence-electron chi connectivity index (χ3n) is 4.71. The van der Waals surface area contributed by atoms with E-state index in [-0.39, 0.29) is 30.0 Å². The lowest BCUT2D eigenvalue weighted by Crippen LogP contribution is -2.37. The van der Waals surface area contributed by atoms with Crippen LogP contribution in [0, 0.1) is 5.41 Å². The van der Waals surface area contributed by atoms with Gasteiger partial charge in [-0.15, -0.1) is 11.6 Å². The van der Waals surface area contributed by atoms with Crippen molar-refractivity contribution in [2.45, 2.75) is 38.3 Å². The number of amides is 1. The number of nitrogens with zero attached hydrogens (tertiary/aromatic N) is 1. The summed E-state index contributed by atoms with van der Waals surface area (Å²) < 4.78 is 31.4. The molecular weight excluding hydrogens is 324 g/mol. The molecule has 1 saturated heterocycles. The summed E-state index contributed by atoms with van der Waals surface area (Å²) in [5.41, 5.74) is 0.992. The summed E-state index contributed by atoms with van der Waals surface area (Å²) in [6.07, 6.45) is 0.867. The number of carbonyl (C=O) groups excluding carboxylic acids is 1. The highest BCUT2D eigenvalue weighted by Gasteiger charge is 2.49. The zero-order chi connectivity index (χ0) is 16.4. The maximum absolute atomic E-state index is 12.8. The predicted molar refractivity (Wildman–Crippen MR) is 83.6 cm³/mol. The summed E-state index contributed by atoms with van der Waals surface area (Å²) in [6.45, 7) is 1.51. The monoisotopic (exact) mass is 343 g/mol. The van der Waals surface area contributed by atoms with E-state index >= 15 is 0 Å². The maximum Gasteiger partial charge on any atom is 0.263 e. The van der Waals surface area contributed by atoms with Gasteiger partial charge in [0.05, 0.1) is 12.7 Å². The molecule has 1 unspecified atom stereocenters. The van der Waals surface area contributed by atoms with Crippen molar-refractivity contribution in [1.29, 1.82) is 0 Å². The van der Waals surface area contributed by atoms with Crippen LogP contribution in [0.3, 0.4) is 0 Å². The van der Waals surface area contributed by atoms with Gasteiger partial charge in [-0.1, -0.05) is 18.2 Å². The van der Waals surface area contributed by atoms with Gasteiger partial charge in [0, 0.05) is 18.7 Å². The molecule has 126 valence electrons. The lowest BCUT2D eigenvalue weighted by Gasteiger charge is -2.25. The summed E-state index contributed by atoms with van der Waals surface area (Å²) in [4.78, 5) is 13.7. The fourth-order valence-electron chi connectivity index (χ4n) is 3.17. The smallest absolute Gasteiger partial charge is 0.263 e. The Kier molecular flexibility index (Phi) is 4.87. The summed E-state index contributed by atoms with van der Waals surface area (Å²) in [6, 6.07) is 6.17. The molecule has 3 rings (SSSR count). The van der Waals surface area contributed by atoms with Gasteiger partial charge in [-0.05, 0) is 36.3 Å². The number of halogens is 3. The Balaban J connectivity index is 1.66. The summed E-state index contributed by atoms with van der Waals surface area (Å²) in [7, 11) is 0. The lowest BCUT2D eigenvalue weighted by atomic mass is 10.0. The first-order valence-electron chi connectivity index (χ1n) is 7.84. The van der Waals surface area contributed by atoms with E-state index in [4.69, 9.17) is 16.3 Å². The largest absolute Gasteiger partial charge is 0.376 e. The molecule has 6 heteroatoms. The van der Waals surface area contributed by atoms with Crippen LogP contribution in [0.4, 0.5) is 8.78 Å². The topological polar surface area (TPSA) is 29.5 Å². The van der Waals surface area contributed by atoms with Crippen LogP contribution in [-0.4, -0.2) is 35.9 Å². The molecule has 0 bridgehead atoms. The number of rotatable bonds is 6. The minimum atomic E-state index is -2.51. The van der Waals surface area contributed by atoms with Gasteiger partial charge >= 0.3 is 0 Å². The van der Waals surface area contributed by atoms with Gasteiger partial charge in [0.1, 0.15) is 5.88 Å². The van der Waals surface area contributed by atoms with Crippen molar-refractivity contribution >= 4 is 17.5 Å². The van der Waals surface area contributed by atoms with Crippen molar-refractivity contribution in [1.82, 2.24) is 4.90 Å². The van der Waals surface area contributed by atoms with Crippen molar-refractivity contribution in [2.24, 2.45) is 5.41 Å². The van der Waals surface area contributed by atoms with Crippen molar-refractivity contribution in [2.75, 3.05) is 19.0 Å². The van der Waals surface area contributed by atoms with Crippen molar-refractivity contribution in [3.05, 3.63) is 35.4 Å². The third kappa shape index (κ3) is 4.01. The van der Waals surface area contributed by atoms with E-state index in [1.165, 1.54) is 25.0 Å². The van der Waals surface area contributed by atoms with E-state index in [1.807, 2.05) is 0 Å². The van der Waals surface area contributed by atoms with E-state index in [9.17, 15) is 13.6 Å². The first kappa shape index (κ1) is 16.7. The number of hydrogen-bond acceptors (Lipinski definition) is 2. The molecule has 3 nitrogen and oxygen atoms in total. The second kappa shape index (κ2) is 6.73. The summed E-state index contributed by atoms with van der Waals surface area (Å²) in [5.74, 6) is -0.318. The van der Waals surface area contributed by atoms with E-state index < -0.39 is 6.43 Å². The normalized spacial score (nSPS) is 21.8. The number of benzene rings is 1. The summed E-state index contributed by atoms with van der Waals surface area (Å²) in [5, 5.41) is 0. The molecule has 2 fully saturated rings. The lowest BCUT2D eigenvalue weighted by molar-refractivity contribution is -0.130. The zero-order valence-corrected chi connectivity index (χ0v) is 13.6. The zero-order valence-electron chi connectivity index (χ0n) is 12.8. The maximum atomic E-state index is 12.8. The quantitative estimate of drug-likeness (QED) is 0.736. The number of ether oxygens (including phenoxy) is 1. The van der Waals surface area contributed by atoms with Crippen LogP contribution in [0.5, 0.6) is 0 Å². The Morgan fingerprint density at radius 3 is 2.83 bits per heavy atom. The fraction of sp³-hybridized carbons (Fsp3) is 0.588. The molecule has 1 spiro atoms. The second-order valence-corrected chi connectivity index (χ2v) is 6.86. The molecule has 1 aromatic rings. The third-order valence-corrected chi connectivity index (χ3v) is 4.94. The van der Waals surface area contributed by atoms with Crippen LogP contribution < -0.4 is 0 Å². The number of carbonyl (C=O) groups is 1. The minimum absolute atomic E-state index is 0.0166. The average Bonchev–Trinajstić information content (AvgIpc) is 3.18. The molecule has 0 N–H and O–H groups in total. The van der Waals surface area contributed by atoms with E-state index in [1.54, 1.807) is 17.0 Å². The Morgan fingerprint density at radius 1 is 1.43 bits per heavy atom. The van der Waals surface area contributed by atoms with Crippen LogP contribution in [0.1, 0.15) is 36.8 Å². The average molecular weight is 344 g/mol. The molecule has 1 amide bonds. The molecule has 23 heavy (non-hydrogen) atoms. The van der Waals surface area contributed by atoms with Gasteiger partial charge in [-0.2, -0.15) is 0 Å². The molecule has 1 aliphatic heterocycles. The molecule has 2 aliphatic rings. The second-order valence-electron chi connectivity index (χ2n) is 6.59. The van der Waals surface area contributed by atoms with Gasteiger partial charge < -0.3 is 9.64 Å². The Morgan fingerprint density at radius 2 is 2.22 bits per heavy atom. The van der Waals surface area contributed by atoms with Gasteiger partial charge in [-0.25, -0.2) is 8.78 Å². The first-order chi connectivity index (χ1) is 11.0. The molecular formula is C17H20ClF2NO2. The fourth-order valence-corrected chi connectivity index (χ4v) is 3.34. The van der Waals surface area contributed by atoms with Crippen LogP contribution in [0.25, 0.3) is 0 Å². The standard InChI is InChI=1S/C17H20ClF2NO2/c18-8-15(22)21(10-14-7-17(4-5-17)11-23-14)9-12-2-1-3-13(6-12)16(19)20/h1-3,6,14,16H,4-5,7-11H2. The number of alkyl halides is 3. The van der Waals surface area contributed by atoms with Crippen LogP contribution >= 0.6 is 11.6 Å². The Hall–Kier alpha value is -1.20. The molecule has 1 heterocycles. The minimum Gasteiger partial charge on any atom is -0.376 e. The van der Waals surface area contributed by atoms with E-state index in [0.29, 0.717) is 17.5 Å². The highest BCUT2D eigenvalue weighted by atomic mass is 35.5. The van der Waals surface area contributed by atoms with Crippen molar-refractivity contribution in [3.63, 3.8) is 0 Å². The van der Waals surface area contributed by atoms with Gasteiger partial charge in [-0.3, -0.25) is 4.79 Å². The first-order valence-corrected chi connectivity index (χ1v) is 8.37. The predicted octanol–water partition coefficient (Wildman–Crippen LogP) is 3.76. The molecule has 1 aromatic carbocycles. The van der Waals surface area contributed by atoms with Gasteiger partial charge in [0.25, 0.3) is 6.43 Å². The van der Waals surface area contributed by atoms with E-state index in [2.05, 4.69) is 0 Å². The molecule has 1 saturated carbocycles.